The molecular formula is C26H34FN3O4. The van der Waals surface area contributed by atoms with E-state index in [-0.39, 0.29) is 12.1 Å². The van der Waals surface area contributed by atoms with Crippen molar-refractivity contribution >= 4 is 11.8 Å². The molecule has 2 fully saturated rings. The zero-order valence-corrected chi connectivity index (χ0v) is 20.0. The molecule has 2 aromatic rings. The van der Waals surface area contributed by atoms with Gasteiger partial charge in [-0.25, -0.2) is 9.18 Å². The maximum atomic E-state index is 13.7. The van der Waals surface area contributed by atoms with Crippen LogP contribution >= 0.6 is 0 Å². The molecule has 2 aliphatic rings. The first-order valence-electron chi connectivity index (χ1n) is 11.8. The predicted octanol–water partition coefficient (Wildman–Crippen LogP) is 3.42. The highest BCUT2D eigenvalue weighted by molar-refractivity contribution is 5.68. The molecule has 1 amide bonds. The molecule has 0 radical (unpaired) electrons. The Morgan fingerprint density at radius 2 is 1.76 bits per heavy atom. The van der Waals surface area contributed by atoms with E-state index in [9.17, 15) is 14.3 Å². The summed E-state index contributed by atoms with van der Waals surface area (Å²) in [7, 11) is 0. The fourth-order valence-corrected chi connectivity index (χ4v) is 4.81. The first kappa shape index (κ1) is 24.3. The van der Waals surface area contributed by atoms with Crippen molar-refractivity contribution in [1.82, 2.24) is 10.2 Å². The Labute approximate surface area is 200 Å². The normalized spacial score (nSPS) is 25.7. The van der Waals surface area contributed by atoms with Gasteiger partial charge in [0.05, 0.1) is 12.1 Å². The summed E-state index contributed by atoms with van der Waals surface area (Å²) < 4.78 is 25.1. The van der Waals surface area contributed by atoms with Gasteiger partial charge in [0.1, 0.15) is 29.4 Å². The predicted molar refractivity (Wildman–Crippen MR) is 129 cm³/mol. The Morgan fingerprint density at radius 3 is 2.41 bits per heavy atom. The van der Waals surface area contributed by atoms with Gasteiger partial charge >= 0.3 is 6.09 Å². The third-order valence-corrected chi connectivity index (χ3v) is 6.27. The van der Waals surface area contributed by atoms with Gasteiger partial charge in [-0.3, -0.25) is 4.90 Å². The Bertz CT molecular complexity index is 960. The molecule has 184 valence electrons. The number of amides is 1. The molecule has 4 rings (SSSR count). The lowest BCUT2D eigenvalue weighted by molar-refractivity contribution is 0.00371. The molecule has 1 aliphatic carbocycles. The summed E-state index contributed by atoms with van der Waals surface area (Å²) in [5.41, 5.74) is 0.542. The van der Waals surface area contributed by atoms with Gasteiger partial charge in [-0.2, -0.15) is 0 Å². The Kier molecular flexibility index (Phi) is 7.28. The number of hydrogen-bond acceptors (Lipinski definition) is 6. The van der Waals surface area contributed by atoms with Crippen molar-refractivity contribution in [2.24, 2.45) is 0 Å². The first-order chi connectivity index (χ1) is 16.2. The standard InChI is InChI=1S/C26H34FN3O4/c1-26(2,3)34-25(32)28-21-17-22(33-20-11-7-8-18(27)16-20)24(31)23(21)30-14-12-29(13-15-30)19-9-5-4-6-10-19/h4-11,16,21-24,31H,12-15,17H2,1-3H3,(H,28,32)/t21-,22-,23+,24+/m1/s1. The van der Waals surface area contributed by atoms with Gasteiger partial charge in [0.25, 0.3) is 0 Å². The lowest BCUT2D eigenvalue weighted by atomic mass is 10.1. The maximum Gasteiger partial charge on any atom is 0.407 e. The van der Waals surface area contributed by atoms with E-state index in [2.05, 4.69) is 27.2 Å². The van der Waals surface area contributed by atoms with Crippen LogP contribution in [0.5, 0.6) is 5.75 Å². The van der Waals surface area contributed by atoms with Crippen LogP contribution in [0.1, 0.15) is 27.2 Å². The quantitative estimate of drug-likeness (QED) is 0.696. The lowest BCUT2D eigenvalue weighted by Crippen LogP contribution is -2.59. The highest BCUT2D eigenvalue weighted by Gasteiger charge is 2.48. The SMILES string of the molecule is CC(C)(C)OC(=O)N[C@@H]1C[C@@H](Oc2cccc(F)c2)[C@H](O)[C@H]1N1CCN(c2ccccc2)CC1. The second kappa shape index (κ2) is 10.2. The van der Waals surface area contributed by atoms with Gasteiger partial charge in [0.15, 0.2) is 0 Å². The van der Waals surface area contributed by atoms with Crippen molar-refractivity contribution in [3.8, 4) is 5.75 Å². The number of aliphatic hydroxyl groups is 1. The number of para-hydroxylation sites is 1. The van der Waals surface area contributed by atoms with E-state index in [1.54, 1.807) is 12.1 Å². The number of aliphatic hydroxyl groups excluding tert-OH is 1. The maximum absolute atomic E-state index is 13.7. The van der Waals surface area contributed by atoms with Crippen LogP contribution in [0.4, 0.5) is 14.9 Å². The molecule has 34 heavy (non-hydrogen) atoms. The minimum absolute atomic E-state index is 0.344. The van der Waals surface area contributed by atoms with E-state index in [1.807, 2.05) is 39.0 Å². The van der Waals surface area contributed by atoms with E-state index < -0.39 is 29.7 Å². The van der Waals surface area contributed by atoms with Crippen LogP contribution in [0.2, 0.25) is 0 Å². The van der Waals surface area contributed by atoms with Gasteiger partial charge in [-0.1, -0.05) is 24.3 Å². The van der Waals surface area contributed by atoms with E-state index >= 15 is 0 Å². The number of carbonyl (C=O) groups is 1. The Hall–Kier alpha value is -2.84. The van der Waals surface area contributed by atoms with E-state index in [0.29, 0.717) is 12.2 Å². The monoisotopic (exact) mass is 471 g/mol. The van der Waals surface area contributed by atoms with Crippen LogP contribution in [0.15, 0.2) is 54.6 Å². The molecule has 0 aromatic heterocycles. The number of benzene rings is 2. The molecule has 4 atom stereocenters. The van der Waals surface area contributed by atoms with Crippen LogP contribution in [-0.2, 0) is 4.74 Å². The number of halogens is 1. The van der Waals surface area contributed by atoms with Crippen LogP contribution in [0, 0.1) is 5.82 Å². The number of rotatable bonds is 5. The molecule has 1 heterocycles. The Morgan fingerprint density at radius 1 is 1.06 bits per heavy atom. The van der Waals surface area contributed by atoms with Crippen molar-refractivity contribution in [2.75, 3.05) is 31.1 Å². The molecule has 7 nitrogen and oxygen atoms in total. The number of nitrogens with one attached hydrogen (secondary N) is 1. The second-order valence-electron chi connectivity index (χ2n) is 9.94. The van der Waals surface area contributed by atoms with E-state index in [0.717, 1.165) is 26.2 Å². The van der Waals surface area contributed by atoms with Crippen molar-refractivity contribution in [3.63, 3.8) is 0 Å². The summed E-state index contributed by atoms with van der Waals surface area (Å²) >= 11 is 0. The summed E-state index contributed by atoms with van der Waals surface area (Å²) in [6.07, 6.45) is -1.57. The molecular weight excluding hydrogens is 437 g/mol. The summed E-state index contributed by atoms with van der Waals surface area (Å²) in [6.45, 7) is 8.51. The smallest absolute Gasteiger partial charge is 0.407 e. The molecule has 0 spiro atoms. The number of ether oxygens (including phenoxy) is 2. The summed E-state index contributed by atoms with van der Waals surface area (Å²) in [6, 6.07) is 15.4. The van der Waals surface area contributed by atoms with Crippen LogP contribution in [-0.4, -0.2) is 72.2 Å². The minimum Gasteiger partial charge on any atom is -0.487 e. The zero-order chi connectivity index (χ0) is 24.3. The Balaban J connectivity index is 1.47. The lowest BCUT2D eigenvalue weighted by Gasteiger charge is -2.42. The van der Waals surface area contributed by atoms with Crippen molar-refractivity contribution in [1.29, 1.82) is 0 Å². The zero-order valence-electron chi connectivity index (χ0n) is 20.0. The average molecular weight is 472 g/mol. The molecule has 1 saturated heterocycles. The fourth-order valence-electron chi connectivity index (χ4n) is 4.81. The highest BCUT2D eigenvalue weighted by Crippen LogP contribution is 2.31. The number of nitrogens with zero attached hydrogens (tertiary/aromatic N) is 2. The molecule has 8 heteroatoms. The fraction of sp³-hybridized carbons (Fsp3) is 0.500. The third-order valence-electron chi connectivity index (χ3n) is 6.27. The number of alkyl carbamates (subject to hydrolysis) is 1. The first-order valence-corrected chi connectivity index (χ1v) is 11.8. The summed E-state index contributed by atoms with van der Waals surface area (Å²) in [5, 5.41) is 14.2. The van der Waals surface area contributed by atoms with Gasteiger partial charge < -0.3 is 24.8 Å². The van der Waals surface area contributed by atoms with Crippen molar-refractivity contribution < 1.29 is 23.8 Å². The summed E-state index contributed by atoms with van der Waals surface area (Å²) in [5.74, 6) is -0.0448. The number of piperazine rings is 1. The average Bonchev–Trinajstić information content (AvgIpc) is 3.07. The van der Waals surface area contributed by atoms with Gasteiger partial charge in [0, 0.05) is 44.4 Å². The van der Waals surface area contributed by atoms with Gasteiger partial charge in [-0.15, -0.1) is 0 Å². The third kappa shape index (κ3) is 5.98. The highest BCUT2D eigenvalue weighted by atomic mass is 19.1. The molecule has 1 saturated carbocycles. The van der Waals surface area contributed by atoms with E-state index in [4.69, 9.17) is 9.47 Å². The summed E-state index contributed by atoms with van der Waals surface area (Å²) in [4.78, 5) is 17.1. The molecule has 0 bridgehead atoms. The van der Waals surface area contributed by atoms with E-state index in [1.165, 1.54) is 17.8 Å². The second-order valence-corrected chi connectivity index (χ2v) is 9.94. The van der Waals surface area contributed by atoms with Crippen LogP contribution in [0.3, 0.4) is 0 Å². The number of anilines is 1. The largest absolute Gasteiger partial charge is 0.487 e. The molecule has 2 N–H and O–H groups in total. The van der Waals surface area contributed by atoms with Gasteiger partial charge in [-0.05, 0) is 45.0 Å². The topological polar surface area (TPSA) is 74.3 Å². The van der Waals surface area contributed by atoms with Crippen LogP contribution < -0.4 is 15.0 Å². The van der Waals surface area contributed by atoms with Gasteiger partial charge in [0.2, 0.25) is 0 Å². The van der Waals surface area contributed by atoms with Crippen LogP contribution in [0.25, 0.3) is 0 Å². The number of hydrogen-bond donors (Lipinski definition) is 2. The molecule has 0 unspecified atom stereocenters. The van der Waals surface area contributed by atoms with Crippen molar-refractivity contribution in [2.45, 2.75) is 57.1 Å². The van der Waals surface area contributed by atoms with Crippen molar-refractivity contribution in [3.05, 3.63) is 60.4 Å². The molecule has 2 aromatic carbocycles. The molecule has 1 aliphatic heterocycles. The minimum atomic E-state index is -0.855. The number of carbonyl (C=O) groups excluding carboxylic acids is 1.